The minimum Gasteiger partial charge on any atom is -0.494 e. The molecule has 1 amide bonds. The molecule has 0 N–H and O–H groups in total. The summed E-state index contributed by atoms with van der Waals surface area (Å²) in [6.45, 7) is 8.08. The first-order chi connectivity index (χ1) is 14.5. The molecule has 0 bridgehead atoms. The first kappa shape index (κ1) is 20.8. The van der Waals surface area contributed by atoms with Gasteiger partial charge >= 0.3 is 0 Å². The Kier molecular flexibility index (Phi) is 6.35. The molecule has 0 saturated carbocycles. The van der Waals surface area contributed by atoms with Gasteiger partial charge < -0.3 is 9.47 Å². The number of aromatic nitrogens is 1. The van der Waals surface area contributed by atoms with Crippen LogP contribution >= 0.6 is 11.3 Å². The number of carbonyl (C=O) groups is 1. The largest absolute Gasteiger partial charge is 0.494 e. The molecule has 1 aromatic heterocycles. The van der Waals surface area contributed by atoms with Crippen LogP contribution in [0.15, 0.2) is 36.4 Å². The van der Waals surface area contributed by atoms with Crippen molar-refractivity contribution >= 4 is 32.6 Å². The molecule has 2 aromatic carbocycles. The molecule has 1 atom stereocenters. The van der Waals surface area contributed by atoms with E-state index in [0.29, 0.717) is 19.6 Å². The maximum Gasteiger partial charge on any atom is 0.233 e. The third-order valence-electron chi connectivity index (χ3n) is 5.34. The fourth-order valence-corrected chi connectivity index (χ4v) is 4.94. The highest BCUT2D eigenvalue weighted by molar-refractivity contribution is 7.22. The van der Waals surface area contributed by atoms with Gasteiger partial charge in [0.25, 0.3) is 0 Å². The van der Waals surface area contributed by atoms with E-state index < -0.39 is 0 Å². The summed E-state index contributed by atoms with van der Waals surface area (Å²) in [5.74, 6) is 0.866. The van der Waals surface area contributed by atoms with Crippen LogP contribution < -0.4 is 9.64 Å². The number of anilines is 1. The third-order valence-corrected chi connectivity index (χ3v) is 6.57. The number of rotatable bonds is 7. The van der Waals surface area contributed by atoms with Gasteiger partial charge in [-0.25, -0.2) is 4.98 Å². The van der Waals surface area contributed by atoms with Gasteiger partial charge in [-0.2, -0.15) is 0 Å². The van der Waals surface area contributed by atoms with E-state index in [9.17, 15) is 4.79 Å². The van der Waals surface area contributed by atoms with Crippen molar-refractivity contribution in [2.45, 2.75) is 46.1 Å². The number of fused-ring (bicyclic) bond motifs is 1. The molecule has 0 spiro atoms. The topological polar surface area (TPSA) is 51.7 Å². The van der Waals surface area contributed by atoms with Crippen molar-refractivity contribution in [3.63, 3.8) is 0 Å². The quantitative estimate of drug-likeness (QED) is 0.532. The number of thiazole rings is 1. The molecule has 0 aliphatic carbocycles. The predicted molar refractivity (Wildman–Crippen MR) is 122 cm³/mol. The van der Waals surface area contributed by atoms with Crippen molar-refractivity contribution in [1.82, 2.24) is 4.98 Å². The van der Waals surface area contributed by atoms with Crippen molar-refractivity contribution in [3.8, 4) is 5.75 Å². The Morgan fingerprint density at radius 2 is 2.07 bits per heavy atom. The predicted octanol–water partition coefficient (Wildman–Crippen LogP) is 5.07. The summed E-state index contributed by atoms with van der Waals surface area (Å²) in [5.41, 5.74) is 4.31. The average molecular weight is 425 g/mol. The SMILES string of the molecule is CCOc1ccc(CC(=O)N(C[C@H]2CCCO2)c2nc3cc(C)cc(C)c3s2)cc1. The Hall–Kier alpha value is -2.44. The monoisotopic (exact) mass is 424 g/mol. The van der Waals surface area contributed by atoms with Crippen molar-refractivity contribution in [1.29, 1.82) is 0 Å². The van der Waals surface area contributed by atoms with E-state index in [1.807, 2.05) is 36.1 Å². The smallest absolute Gasteiger partial charge is 0.233 e. The average Bonchev–Trinajstić information content (AvgIpc) is 3.37. The number of benzene rings is 2. The van der Waals surface area contributed by atoms with Gasteiger partial charge in [0.1, 0.15) is 5.75 Å². The van der Waals surface area contributed by atoms with Gasteiger partial charge in [-0.05, 0) is 68.5 Å². The second kappa shape index (κ2) is 9.14. The molecule has 4 rings (SSSR count). The first-order valence-corrected chi connectivity index (χ1v) is 11.4. The number of hydrogen-bond donors (Lipinski definition) is 0. The summed E-state index contributed by atoms with van der Waals surface area (Å²) < 4.78 is 12.5. The van der Waals surface area contributed by atoms with Crippen LogP contribution in [-0.4, -0.2) is 36.8 Å². The number of hydrogen-bond acceptors (Lipinski definition) is 5. The van der Waals surface area contributed by atoms with Crippen LogP contribution in [-0.2, 0) is 16.0 Å². The Labute approximate surface area is 181 Å². The number of aryl methyl sites for hydroxylation is 2. The minimum absolute atomic E-state index is 0.0445. The fraction of sp³-hybridized carbons (Fsp3) is 0.417. The van der Waals surface area contributed by atoms with Crippen LogP contribution in [0.4, 0.5) is 5.13 Å². The van der Waals surface area contributed by atoms with E-state index in [4.69, 9.17) is 14.5 Å². The lowest BCUT2D eigenvalue weighted by molar-refractivity contribution is -0.118. The zero-order valence-corrected chi connectivity index (χ0v) is 18.6. The molecule has 158 valence electrons. The Morgan fingerprint density at radius 3 is 2.77 bits per heavy atom. The second-order valence-electron chi connectivity index (χ2n) is 7.82. The van der Waals surface area contributed by atoms with Crippen molar-refractivity contribution in [2.75, 3.05) is 24.7 Å². The summed E-state index contributed by atoms with van der Waals surface area (Å²) in [6, 6.07) is 12.0. The summed E-state index contributed by atoms with van der Waals surface area (Å²) in [5, 5.41) is 0.755. The molecule has 5 nitrogen and oxygen atoms in total. The molecular weight excluding hydrogens is 396 g/mol. The molecule has 3 aromatic rings. The van der Waals surface area contributed by atoms with Crippen LogP contribution in [0.2, 0.25) is 0 Å². The number of amides is 1. The Morgan fingerprint density at radius 1 is 1.27 bits per heavy atom. The van der Waals surface area contributed by atoms with Gasteiger partial charge in [-0.3, -0.25) is 9.69 Å². The number of ether oxygens (including phenoxy) is 2. The number of nitrogens with zero attached hydrogens (tertiary/aromatic N) is 2. The molecule has 1 aliphatic heterocycles. The standard InChI is InChI=1S/C24H28N2O3S/c1-4-28-19-9-7-18(8-10-19)14-22(27)26(15-20-6-5-11-29-20)24-25-21-13-16(2)12-17(3)23(21)30-24/h7-10,12-13,20H,4-6,11,14-15H2,1-3H3/t20-/m1/s1. The summed E-state index contributed by atoms with van der Waals surface area (Å²) in [6.07, 6.45) is 2.43. The normalized spacial score (nSPS) is 16.2. The van der Waals surface area contributed by atoms with Crippen LogP contribution in [0.25, 0.3) is 10.2 Å². The molecule has 1 saturated heterocycles. The summed E-state index contributed by atoms with van der Waals surface area (Å²) in [7, 11) is 0. The lowest BCUT2D eigenvalue weighted by atomic mass is 10.1. The summed E-state index contributed by atoms with van der Waals surface area (Å²) in [4.78, 5) is 20.0. The van der Waals surface area contributed by atoms with E-state index >= 15 is 0 Å². The summed E-state index contributed by atoms with van der Waals surface area (Å²) >= 11 is 1.59. The van der Waals surface area contributed by atoms with Crippen molar-refractivity contribution in [2.24, 2.45) is 0 Å². The van der Waals surface area contributed by atoms with Gasteiger partial charge in [0.05, 0.1) is 35.9 Å². The van der Waals surface area contributed by atoms with Gasteiger partial charge in [0.15, 0.2) is 5.13 Å². The van der Waals surface area contributed by atoms with E-state index in [0.717, 1.165) is 46.1 Å². The maximum atomic E-state index is 13.3. The maximum absolute atomic E-state index is 13.3. The van der Waals surface area contributed by atoms with E-state index in [1.165, 1.54) is 11.1 Å². The van der Waals surface area contributed by atoms with E-state index in [1.54, 1.807) is 11.3 Å². The lowest BCUT2D eigenvalue weighted by Crippen LogP contribution is -2.38. The molecule has 1 aliphatic rings. The zero-order valence-electron chi connectivity index (χ0n) is 17.8. The highest BCUT2D eigenvalue weighted by Crippen LogP contribution is 2.33. The molecule has 2 heterocycles. The van der Waals surface area contributed by atoms with Crippen LogP contribution in [0.1, 0.15) is 36.5 Å². The second-order valence-corrected chi connectivity index (χ2v) is 8.80. The molecule has 6 heteroatoms. The lowest BCUT2D eigenvalue weighted by Gasteiger charge is -2.23. The zero-order chi connectivity index (χ0) is 21.1. The molecule has 30 heavy (non-hydrogen) atoms. The fourth-order valence-electron chi connectivity index (χ4n) is 3.90. The van der Waals surface area contributed by atoms with Gasteiger partial charge in [-0.1, -0.05) is 29.5 Å². The van der Waals surface area contributed by atoms with Crippen molar-refractivity contribution in [3.05, 3.63) is 53.1 Å². The molecule has 0 unspecified atom stereocenters. The molecular formula is C24H28N2O3S. The van der Waals surface area contributed by atoms with Crippen LogP contribution in [0.3, 0.4) is 0 Å². The van der Waals surface area contributed by atoms with Crippen LogP contribution in [0.5, 0.6) is 5.75 Å². The minimum atomic E-state index is 0.0445. The van der Waals surface area contributed by atoms with Crippen molar-refractivity contribution < 1.29 is 14.3 Å². The van der Waals surface area contributed by atoms with Crippen LogP contribution in [0, 0.1) is 13.8 Å². The van der Waals surface area contributed by atoms with E-state index in [2.05, 4.69) is 26.0 Å². The first-order valence-electron chi connectivity index (χ1n) is 10.5. The third kappa shape index (κ3) is 4.65. The van der Waals surface area contributed by atoms with Gasteiger partial charge in [0, 0.05) is 6.61 Å². The Balaban J connectivity index is 1.60. The van der Waals surface area contributed by atoms with Gasteiger partial charge in [0.2, 0.25) is 5.91 Å². The highest BCUT2D eigenvalue weighted by Gasteiger charge is 2.26. The molecule has 1 fully saturated rings. The van der Waals surface area contributed by atoms with Gasteiger partial charge in [-0.15, -0.1) is 0 Å². The Bertz CT molecular complexity index is 1020. The number of carbonyl (C=O) groups excluding carboxylic acids is 1. The van der Waals surface area contributed by atoms with E-state index in [-0.39, 0.29) is 12.0 Å². The molecule has 0 radical (unpaired) electrons. The highest BCUT2D eigenvalue weighted by atomic mass is 32.1.